The normalized spacial score (nSPS) is 15.5. The third kappa shape index (κ3) is 2.54. The molecule has 0 spiro atoms. The maximum atomic E-state index is 12.3. The Labute approximate surface area is 148 Å². The lowest BCUT2D eigenvalue weighted by molar-refractivity contribution is 0.0435. The van der Waals surface area contributed by atoms with Crippen molar-refractivity contribution in [2.24, 2.45) is 0 Å². The van der Waals surface area contributed by atoms with Gasteiger partial charge in [0.1, 0.15) is 11.1 Å². The van der Waals surface area contributed by atoms with Crippen molar-refractivity contribution in [2.45, 2.75) is 6.23 Å². The number of carbonyl (C=O) groups is 1. The molecule has 0 bridgehead atoms. The van der Waals surface area contributed by atoms with E-state index in [1.165, 1.54) is 20.3 Å². The molecule has 0 saturated heterocycles. The number of benzene rings is 2. The van der Waals surface area contributed by atoms with E-state index in [1.54, 1.807) is 30.3 Å². The molecule has 7 nitrogen and oxygen atoms in total. The number of methoxy groups -OCH3 is 2. The molecule has 132 valence electrons. The molecule has 1 aromatic heterocycles. The molecule has 3 aromatic rings. The van der Waals surface area contributed by atoms with E-state index in [9.17, 15) is 9.59 Å². The monoisotopic (exact) mass is 353 g/mol. The van der Waals surface area contributed by atoms with E-state index in [1.807, 2.05) is 6.07 Å². The molecule has 1 N–H and O–H groups in total. The van der Waals surface area contributed by atoms with Crippen molar-refractivity contribution in [3.05, 3.63) is 64.0 Å². The lowest BCUT2D eigenvalue weighted by atomic mass is 10.1. The predicted molar refractivity (Wildman–Crippen MR) is 93.8 cm³/mol. The van der Waals surface area contributed by atoms with Crippen LogP contribution in [0.2, 0.25) is 0 Å². The van der Waals surface area contributed by atoms with Gasteiger partial charge in [-0.15, -0.1) is 0 Å². The highest BCUT2D eigenvalue weighted by Crippen LogP contribution is 2.42. The number of ether oxygens (including phenoxy) is 3. The van der Waals surface area contributed by atoms with Gasteiger partial charge >= 0.3 is 11.6 Å². The summed E-state index contributed by atoms with van der Waals surface area (Å²) in [5.74, 6) is 0.323. The number of esters is 1. The molecule has 0 fully saturated rings. The molecular formula is C19H15NO6. The summed E-state index contributed by atoms with van der Waals surface area (Å²) >= 11 is 0. The molecular weight excluding hydrogens is 338 g/mol. The molecule has 1 aliphatic rings. The van der Waals surface area contributed by atoms with Crippen molar-refractivity contribution < 1.29 is 23.4 Å². The molecule has 0 amide bonds. The van der Waals surface area contributed by atoms with Crippen LogP contribution in [-0.4, -0.2) is 20.2 Å². The zero-order valence-corrected chi connectivity index (χ0v) is 14.1. The fraction of sp³-hybridized carbons (Fsp3) is 0.158. The number of nitrogens with one attached hydrogen (secondary N) is 1. The Balaban J connectivity index is 1.70. The summed E-state index contributed by atoms with van der Waals surface area (Å²) in [6, 6.07) is 11.8. The largest absolute Gasteiger partial charge is 0.493 e. The predicted octanol–water partition coefficient (Wildman–Crippen LogP) is 3.09. The van der Waals surface area contributed by atoms with Gasteiger partial charge in [0.15, 0.2) is 11.5 Å². The summed E-state index contributed by atoms with van der Waals surface area (Å²) in [5, 5.41) is 3.92. The first-order valence-electron chi connectivity index (χ1n) is 7.87. The van der Waals surface area contributed by atoms with Crippen molar-refractivity contribution >= 4 is 22.6 Å². The summed E-state index contributed by atoms with van der Waals surface area (Å²) in [7, 11) is 2.98. The smallest absolute Gasteiger partial charge is 0.344 e. The quantitative estimate of drug-likeness (QED) is 0.570. The first kappa shape index (κ1) is 16.0. The van der Waals surface area contributed by atoms with Crippen LogP contribution in [0.15, 0.2) is 51.7 Å². The Bertz CT molecular complexity index is 1070. The minimum absolute atomic E-state index is 0.344. The SMILES string of the molecule is COc1ccc2c(c1OC)C(=O)OC2Nc1ccc2oc(=O)ccc2c1. The van der Waals surface area contributed by atoms with E-state index in [4.69, 9.17) is 18.6 Å². The molecule has 7 heteroatoms. The zero-order chi connectivity index (χ0) is 18.3. The summed E-state index contributed by atoms with van der Waals surface area (Å²) in [6.07, 6.45) is -0.662. The third-order valence-electron chi connectivity index (χ3n) is 4.21. The number of cyclic esters (lactones) is 1. The van der Waals surface area contributed by atoms with Crippen molar-refractivity contribution in [1.82, 2.24) is 0 Å². The van der Waals surface area contributed by atoms with Gasteiger partial charge in [-0.05, 0) is 36.4 Å². The first-order chi connectivity index (χ1) is 12.6. The van der Waals surface area contributed by atoms with Crippen LogP contribution < -0.4 is 20.4 Å². The Morgan fingerprint density at radius 1 is 1.00 bits per heavy atom. The molecule has 4 rings (SSSR count). The topological polar surface area (TPSA) is 87.0 Å². The van der Waals surface area contributed by atoms with Crippen molar-refractivity contribution in [2.75, 3.05) is 19.5 Å². The molecule has 0 aliphatic carbocycles. The second kappa shape index (κ2) is 6.11. The fourth-order valence-corrected chi connectivity index (χ4v) is 3.02. The van der Waals surface area contributed by atoms with Crippen molar-refractivity contribution in [1.29, 1.82) is 0 Å². The highest BCUT2D eigenvalue weighted by Gasteiger charge is 2.35. The van der Waals surface area contributed by atoms with Crippen LogP contribution >= 0.6 is 0 Å². The minimum atomic E-state index is -0.662. The molecule has 0 radical (unpaired) electrons. The van der Waals surface area contributed by atoms with Gasteiger partial charge in [0.05, 0.1) is 14.2 Å². The molecule has 1 aliphatic heterocycles. The maximum Gasteiger partial charge on any atom is 0.344 e. The highest BCUT2D eigenvalue weighted by molar-refractivity contribution is 5.98. The van der Waals surface area contributed by atoms with Gasteiger partial charge in [-0.1, -0.05) is 0 Å². The second-order valence-electron chi connectivity index (χ2n) is 5.70. The van der Waals surface area contributed by atoms with Gasteiger partial charge in [0.2, 0.25) is 6.23 Å². The Morgan fingerprint density at radius 2 is 1.85 bits per heavy atom. The number of carbonyl (C=O) groups excluding carboxylic acids is 1. The Hall–Kier alpha value is -3.48. The van der Waals surface area contributed by atoms with E-state index >= 15 is 0 Å². The standard InChI is InChI=1S/C19H15NO6/c1-23-14-7-5-12-16(17(14)24-2)19(22)26-18(12)20-11-4-6-13-10(9-11)3-8-15(21)25-13/h3-9,18,20H,1-2H3. The number of hydrogen-bond donors (Lipinski definition) is 1. The van der Waals surface area contributed by atoms with Crippen molar-refractivity contribution in [3.8, 4) is 11.5 Å². The lowest BCUT2D eigenvalue weighted by Crippen LogP contribution is -2.10. The number of hydrogen-bond acceptors (Lipinski definition) is 7. The first-order valence-corrected chi connectivity index (χ1v) is 7.87. The molecule has 2 aromatic carbocycles. The van der Waals surface area contributed by atoms with Crippen molar-refractivity contribution in [3.63, 3.8) is 0 Å². The summed E-state index contributed by atoms with van der Waals surface area (Å²) in [6.45, 7) is 0. The van der Waals surface area contributed by atoms with Gasteiger partial charge in [-0.25, -0.2) is 9.59 Å². The Kier molecular flexibility index (Phi) is 3.76. The van der Waals surface area contributed by atoms with Crippen LogP contribution in [0.1, 0.15) is 22.1 Å². The molecule has 0 saturated carbocycles. The van der Waals surface area contributed by atoms with E-state index < -0.39 is 17.8 Å². The molecule has 1 unspecified atom stereocenters. The summed E-state index contributed by atoms with van der Waals surface area (Å²) in [5.41, 5.74) is 1.80. The van der Waals surface area contributed by atoms with Gasteiger partial charge in [0.25, 0.3) is 0 Å². The van der Waals surface area contributed by atoms with Crippen LogP contribution in [0.4, 0.5) is 5.69 Å². The zero-order valence-electron chi connectivity index (χ0n) is 14.1. The van der Waals surface area contributed by atoms with Crippen LogP contribution in [0.5, 0.6) is 11.5 Å². The summed E-state index contributed by atoms with van der Waals surface area (Å²) < 4.78 is 21.1. The molecule has 2 heterocycles. The molecule has 26 heavy (non-hydrogen) atoms. The van der Waals surface area contributed by atoms with Crippen LogP contribution in [-0.2, 0) is 4.74 Å². The minimum Gasteiger partial charge on any atom is -0.493 e. The van der Waals surface area contributed by atoms with E-state index in [0.29, 0.717) is 33.9 Å². The second-order valence-corrected chi connectivity index (χ2v) is 5.70. The summed E-state index contributed by atoms with van der Waals surface area (Å²) in [4.78, 5) is 23.6. The maximum absolute atomic E-state index is 12.3. The average molecular weight is 353 g/mol. The van der Waals surface area contributed by atoms with Crippen LogP contribution in [0, 0.1) is 0 Å². The average Bonchev–Trinajstić information content (AvgIpc) is 2.96. The van der Waals surface area contributed by atoms with Gasteiger partial charge in [-0.2, -0.15) is 0 Å². The number of anilines is 1. The Morgan fingerprint density at radius 3 is 2.62 bits per heavy atom. The van der Waals surface area contributed by atoms with E-state index in [0.717, 1.165) is 5.39 Å². The number of rotatable bonds is 4. The van der Waals surface area contributed by atoms with Gasteiger partial charge in [0, 0.05) is 22.7 Å². The number of fused-ring (bicyclic) bond motifs is 2. The van der Waals surface area contributed by atoms with Gasteiger partial charge < -0.3 is 23.9 Å². The van der Waals surface area contributed by atoms with Crippen LogP contribution in [0.25, 0.3) is 11.0 Å². The van der Waals surface area contributed by atoms with Crippen LogP contribution in [0.3, 0.4) is 0 Å². The fourth-order valence-electron chi connectivity index (χ4n) is 3.02. The lowest BCUT2D eigenvalue weighted by Gasteiger charge is -2.15. The highest BCUT2D eigenvalue weighted by atomic mass is 16.6. The van der Waals surface area contributed by atoms with Gasteiger partial charge in [-0.3, -0.25) is 0 Å². The third-order valence-corrected chi connectivity index (χ3v) is 4.21. The molecule has 1 atom stereocenters. The van der Waals surface area contributed by atoms with E-state index in [-0.39, 0.29) is 0 Å². The van der Waals surface area contributed by atoms with E-state index in [2.05, 4.69) is 5.32 Å².